The Morgan fingerprint density at radius 2 is 1.79 bits per heavy atom. The number of nitrogens with one attached hydrogen (secondary N) is 1. The molecular weight excluding hydrogens is 326 g/mol. The molecule has 1 atom stereocenters. The van der Waals surface area contributed by atoms with Gasteiger partial charge in [0.15, 0.2) is 0 Å². The third kappa shape index (κ3) is 7.57. The molecule has 1 aromatic carbocycles. The number of nitrogens with zero attached hydrogens (tertiary/aromatic N) is 1. The molecule has 0 radical (unpaired) electrons. The summed E-state index contributed by atoms with van der Waals surface area (Å²) in [7, 11) is -3.69. The topological polar surface area (TPSA) is 113 Å². The van der Waals surface area contributed by atoms with Crippen LogP contribution in [-0.2, 0) is 14.8 Å². The SMILES string of the molecule is CCC(C)(C)C(=O)Nc1ccc(S(N)(=O)=O)cc1.CCC(C)C#N. The van der Waals surface area contributed by atoms with E-state index in [1.165, 1.54) is 24.3 Å². The van der Waals surface area contributed by atoms with Gasteiger partial charge in [-0.15, -0.1) is 0 Å². The van der Waals surface area contributed by atoms with Crippen molar-refractivity contribution >= 4 is 21.6 Å². The van der Waals surface area contributed by atoms with Crippen molar-refractivity contribution < 1.29 is 13.2 Å². The predicted molar refractivity (Wildman–Crippen MR) is 95.6 cm³/mol. The van der Waals surface area contributed by atoms with Gasteiger partial charge in [0.25, 0.3) is 0 Å². The first-order valence-corrected chi connectivity index (χ1v) is 9.36. The van der Waals surface area contributed by atoms with Crippen molar-refractivity contribution in [3.05, 3.63) is 24.3 Å². The number of rotatable bonds is 5. The van der Waals surface area contributed by atoms with Crippen LogP contribution >= 0.6 is 0 Å². The summed E-state index contributed by atoms with van der Waals surface area (Å²) in [5.74, 6) is 0.137. The Bertz CT molecular complexity index is 674. The first-order chi connectivity index (χ1) is 11.0. The highest BCUT2D eigenvalue weighted by atomic mass is 32.2. The van der Waals surface area contributed by atoms with Crippen LogP contribution in [0.15, 0.2) is 29.2 Å². The van der Waals surface area contributed by atoms with Gasteiger partial charge in [-0.2, -0.15) is 5.26 Å². The van der Waals surface area contributed by atoms with Crippen molar-refractivity contribution in [3.8, 4) is 6.07 Å². The minimum absolute atomic E-state index is 0.0234. The minimum atomic E-state index is -3.69. The van der Waals surface area contributed by atoms with Gasteiger partial charge < -0.3 is 5.32 Å². The number of nitriles is 1. The summed E-state index contributed by atoms with van der Waals surface area (Å²) < 4.78 is 22.1. The number of hydrogen-bond acceptors (Lipinski definition) is 4. The van der Waals surface area contributed by atoms with Crippen LogP contribution in [0.2, 0.25) is 0 Å². The number of carbonyl (C=O) groups excluding carboxylic acids is 1. The molecule has 1 aromatic rings. The second-order valence-corrected chi connectivity index (χ2v) is 7.76. The number of hydrogen-bond donors (Lipinski definition) is 2. The van der Waals surface area contributed by atoms with Crippen LogP contribution in [0, 0.1) is 22.7 Å². The fourth-order valence-electron chi connectivity index (χ4n) is 1.28. The van der Waals surface area contributed by atoms with Crippen molar-refractivity contribution in [2.45, 2.75) is 52.4 Å². The van der Waals surface area contributed by atoms with Crippen molar-refractivity contribution in [3.63, 3.8) is 0 Å². The van der Waals surface area contributed by atoms with Crippen LogP contribution in [0.25, 0.3) is 0 Å². The van der Waals surface area contributed by atoms with Crippen molar-refractivity contribution in [1.29, 1.82) is 5.26 Å². The monoisotopic (exact) mass is 353 g/mol. The van der Waals surface area contributed by atoms with Crippen LogP contribution in [-0.4, -0.2) is 14.3 Å². The van der Waals surface area contributed by atoms with Crippen molar-refractivity contribution in [2.24, 2.45) is 16.5 Å². The van der Waals surface area contributed by atoms with Crippen molar-refractivity contribution in [1.82, 2.24) is 0 Å². The molecule has 0 aliphatic heterocycles. The Morgan fingerprint density at radius 3 is 2.08 bits per heavy atom. The lowest BCUT2D eigenvalue weighted by Crippen LogP contribution is -2.29. The first kappa shape index (κ1) is 22.1. The van der Waals surface area contributed by atoms with Crippen LogP contribution in [0.4, 0.5) is 5.69 Å². The number of carbonyl (C=O) groups is 1. The predicted octanol–water partition coefficient (Wildman–Crippen LogP) is 3.26. The first-order valence-electron chi connectivity index (χ1n) is 7.81. The highest BCUT2D eigenvalue weighted by Gasteiger charge is 2.25. The molecule has 0 aliphatic carbocycles. The summed E-state index contributed by atoms with van der Waals surface area (Å²) >= 11 is 0. The second-order valence-electron chi connectivity index (χ2n) is 6.20. The van der Waals surface area contributed by atoms with E-state index in [1.807, 2.05) is 34.6 Å². The molecule has 0 heterocycles. The second kappa shape index (κ2) is 9.40. The maximum Gasteiger partial charge on any atom is 0.238 e. The molecule has 0 bridgehead atoms. The Hall–Kier alpha value is -1.91. The molecule has 3 N–H and O–H groups in total. The van der Waals surface area contributed by atoms with Gasteiger partial charge in [-0.25, -0.2) is 13.6 Å². The molecule has 134 valence electrons. The van der Waals surface area contributed by atoms with Gasteiger partial charge in [-0.1, -0.05) is 27.7 Å². The Morgan fingerprint density at radius 1 is 1.29 bits per heavy atom. The van der Waals surface area contributed by atoms with Crippen LogP contribution in [0.5, 0.6) is 0 Å². The highest BCUT2D eigenvalue weighted by molar-refractivity contribution is 7.89. The summed E-state index contributed by atoms with van der Waals surface area (Å²) in [5, 5.41) is 15.8. The quantitative estimate of drug-likeness (QED) is 0.845. The number of sulfonamides is 1. The lowest BCUT2D eigenvalue weighted by molar-refractivity contribution is -0.124. The van der Waals surface area contributed by atoms with E-state index in [4.69, 9.17) is 10.4 Å². The van der Waals surface area contributed by atoms with Gasteiger partial charge in [0.05, 0.1) is 11.0 Å². The average molecular weight is 353 g/mol. The maximum absolute atomic E-state index is 11.9. The lowest BCUT2D eigenvalue weighted by atomic mass is 9.89. The third-order valence-electron chi connectivity index (χ3n) is 3.77. The van der Waals surface area contributed by atoms with Gasteiger partial charge in [0.1, 0.15) is 0 Å². The summed E-state index contributed by atoms with van der Waals surface area (Å²) in [6.45, 7) is 9.56. The molecule has 0 aromatic heterocycles. The van der Waals surface area contributed by atoms with E-state index < -0.39 is 15.4 Å². The molecule has 1 unspecified atom stereocenters. The zero-order valence-corrected chi connectivity index (χ0v) is 15.8. The molecule has 1 amide bonds. The number of primary sulfonamides is 1. The summed E-state index contributed by atoms with van der Waals surface area (Å²) in [6.07, 6.45) is 1.69. The fraction of sp³-hybridized carbons (Fsp3) is 0.529. The number of amides is 1. The van der Waals surface area contributed by atoms with E-state index >= 15 is 0 Å². The van der Waals surface area contributed by atoms with E-state index in [2.05, 4.69) is 11.4 Å². The molecule has 0 saturated heterocycles. The van der Waals surface area contributed by atoms with Crippen molar-refractivity contribution in [2.75, 3.05) is 5.32 Å². The number of benzene rings is 1. The van der Waals surface area contributed by atoms with Gasteiger partial charge in [0, 0.05) is 17.0 Å². The Balaban J connectivity index is 0.000000754. The van der Waals surface area contributed by atoms with E-state index in [0.717, 1.165) is 6.42 Å². The number of nitrogens with two attached hydrogens (primary N) is 1. The smallest absolute Gasteiger partial charge is 0.238 e. The molecule has 0 spiro atoms. The van der Waals surface area contributed by atoms with Gasteiger partial charge >= 0.3 is 0 Å². The number of anilines is 1. The van der Waals surface area contributed by atoms with E-state index in [9.17, 15) is 13.2 Å². The molecule has 6 nitrogen and oxygen atoms in total. The third-order valence-corrected chi connectivity index (χ3v) is 4.70. The van der Waals surface area contributed by atoms with Crippen LogP contribution in [0.1, 0.15) is 47.5 Å². The van der Waals surface area contributed by atoms with Gasteiger partial charge in [0.2, 0.25) is 15.9 Å². The molecule has 7 heteroatoms. The van der Waals surface area contributed by atoms with Gasteiger partial charge in [-0.3, -0.25) is 4.79 Å². The molecule has 0 fully saturated rings. The summed E-state index contributed by atoms with van der Waals surface area (Å²) in [6, 6.07) is 7.88. The molecule has 24 heavy (non-hydrogen) atoms. The summed E-state index contributed by atoms with van der Waals surface area (Å²) in [5.41, 5.74) is 0.0902. The molecular formula is C17H27N3O3S. The largest absolute Gasteiger partial charge is 0.326 e. The van der Waals surface area contributed by atoms with E-state index in [0.29, 0.717) is 12.1 Å². The van der Waals surface area contributed by atoms with Gasteiger partial charge in [-0.05, 0) is 44.0 Å². The van der Waals surface area contributed by atoms with E-state index in [-0.39, 0.29) is 16.7 Å². The standard InChI is InChI=1S/C12H18N2O3S.C5H9N/c1-4-12(2,3)11(15)14-9-5-7-10(8-6-9)18(13,16)17;1-3-5(2)4-6/h5-8H,4H2,1-3H3,(H,14,15)(H2,13,16,17);5H,3H2,1-2H3. The maximum atomic E-state index is 11.9. The fourth-order valence-corrected chi connectivity index (χ4v) is 1.80. The minimum Gasteiger partial charge on any atom is -0.326 e. The highest BCUT2D eigenvalue weighted by Crippen LogP contribution is 2.22. The van der Waals surface area contributed by atoms with Crippen LogP contribution < -0.4 is 10.5 Å². The normalized spacial score (nSPS) is 12.4. The zero-order valence-electron chi connectivity index (χ0n) is 15.0. The summed E-state index contributed by atoms with van der Waals surface area (Å²) in [4.78, 5) is 11.9. The molecule has 1 rings (SSSR count). The molecule has 0 saturated carbocycles. The Kier molecular flexibility index (Phi) is 8.65. The Labute approximate surface area is 145 Å². The lowest BCUT2D eigenvalue weighted by Gasteiger charge is -2.21. The van der Waals surface area contributed by atoms with Crippen LogP contribution in [0.3, 0.4) is 0 Å². The van der Waals surface area contributed by atoms with E-state index in [1.54, 1.807) is 0 Å². The average Bonchev–Trinajstić information content (AvgIpc) is 2.54. The zero-order chi connectivity index (χ0) is 19.0. The molecule has 0 aliphatic rings.